The number of carboxylic acid groups (broad SMARTS) is 1. The fourth-order valence-corrected chi connectivity index (χ4v) is 2.30. The minimum atomic E-state index is -1.41. The number of benzene rings is 1. The predicted octanol–water partition coefficient (Wildman–Crippen LogP) is 2.28. The van der Waals surface area contributed by atoms with Gasteiger partial charge in [-0.25, -0.2) is 4.79 Å². The standard InChI is InChI=1S/C15H21N3O5/c1-4-9-17(15(3,5-2)14(20)21)13(19)10-7-6-8-11(12(10)16)18(22)23/h6-8H,4-5,9,16H2,1-3H3,(H,20,21)/t15-/m1/s1. The molecule has 3 N–H and O–H groups in total. The van der Waals surface area contributed by atoms with Gasteiger partial charge in [0.15, 0.2) is 0 Å². The molecule has 0 aliphatic rings. The summed E-state index contributed by atoms with van der Waals surface area (Å²) in [4.78, 5) is 35.9. The highest BCUT2D eigenvalue weighted by molar-refractivity contribution is 6.03. The monoisotopic (exact) mass is 323 g/mol. The second-order valence-electron chi connectivity index (χ2n) is 5.38. The molecule has 0 bridgehead atoms. The minimum Gasteiger partial charge on any atom is -0.480 e. The van der Waals surface area contributed by atoms with E-state index in [2.05, 4.69) is 0 Å². The summed E-state index contributed by atoms with van der Waals surface area (Å²) in [6.07, 6.45) is 0.742. The fraction of sp³-hybridized carbons (Fsp3) is 0.467. The number of aliphatic carboxylic acids is 1. The Morgan fingerprint density at radius 3 is 2.43 bits per heavy atom. The van der Waals surface area contributed by atoms with Crippen molar-refractivity contribution in [1.82, 2.24) is 4.90 Å². The average molecular weight is 323 g/mol. The Bertz CT molecular complexity index is 632. The number of carboxylic acids is 1. The number of nitro groups is 1. The number of hydrogen-bond acceptors (Lipinski definition) is 5. The van der Waals surface area contributed by atoms with Crippen LogP contribution in [-0.4, -0.2) is 38.9 Å². The molecule has 0 saturated carbocycles. The van der Waals surface area contributed by atoms with E-state index >= 15 is 0 Å². The third-order valence-electron chi connectivity index (χ3n) is 3.95. The molecule has 0 heterocycles. The molecule has 1 aromatic rings. The molecule has 1 amide bonds. The van der Waals surface area contributed by atoms with Crippen LogP contribution in [0.3, 0.4) is 0 Å². The molecule has 0 radical (unpaired) electrons. The van der Waals surface area contributed by atoms with Crippen LogP contribution < -0.4 is 5.73 Å². The van der Waals surface area contributed by atoms with E-state index < -0.39 is 22.3 Å². The topological polar surface area (TPSA) is 127 Å². The van der Waals surface area contributed by atoms with Crippen LogP contribution >= 0.6 is 0 Å². The predicted molar refractivity (Wildman–Crippen MR) is 85.2 cm³/mol. The fourth-order valence-electron chi connectivity index (χ4n) is 2.30. The zero-order valence-electron chi connectivity index (χ0n) is 13.4. The average Bonchev–Trinajstić information content (AvgIpc) is 2.50. The number of nitrogens with two attached hydrogens (primary N) is 1. The Labute approximate surface area is 134 Å². The number of para-hydroxylation sites is 1. The van der Waals surface area contributed by atoms with Crippen molar-refractivity contribution >= 4 is 23.3 Å². The van der Waals surface area contributed by atoms with Crippen molar-refractivity contribution in [2.75, 3.05) is 12.3 Å². The Balaban J connectivity index is 3.41. The number of carbonyl (C=O) groups is 2. The Morgan fingerprint density at radius 1 is 1.39 bits per heavy atom. The summed E-state index contributed by atoms with van der Waals surface area (Å²) in [5.41, 5.74) is 3.64. The van der Waals surface area contributed by atoms with Gasteiger partial charge in [0.1, 0.15) is 11.2 Å². The largest absolute Gasteiger partial charge is 0.480 e. The number of nitro benzene ring substituents is 1. The lowest BCUT2D eigenvalue weighted by molar-refractivity contribution is -0.383. The first-order valence-electron chi connectivity index (χ1n) is 7.28. The van der Waals surface area contributed by atoms with Crippen LogP contribution in [0.2, 0.25) is 0 Å². The maximum Gasteiger partial charge on any atom is 0.329 e. The molecule has 0 aromatic heterocycles. The van der Waals surface area contributed by atoms with Crippen molar-refractivity contribution < 1.29 is 19.6 Å². The van der Waals surface area contributed by atoms with Crippen LogP contribution in [0.25, 0.3) is 0 Å². The molecule has 0 aliphatic carbocycles. The molecule has 0 spiro atoms. The third-order valence-corrected chi connectivity index (χ3v) is 3.95. The van der Waals surface area contributed by atoms with E-state index in [-0.39, 0.29) is 29.9 Å². The number of nitrogen functional groups attached to an aromatic ring is 1. The van der Waals surface area contributed by atoms with E-state index in [1.54, 1.807) is 6.92 Å². The van der Waals surface area contributed by atoms with Gasteiger partial charge in [-0.05, 0) is 25.8 Å². The van der Waals surface area contributed by atoms with Gasteiger partial charge in [-0.15, -0.1) is 0 Å². The van der Waals surface area contributed by atoms with E-state index in [0.717, 1.165) is 0 Å². The molecule has 0 saturated heterocycles. The van der Waals surface area contributed by atoms with Crippen molar-refractivity contribution in [1.29, 1.82) is 0 Å². The van der Waals surface area contributed by atoms with Gasteiger partial charge >= 0.3 is 5.97 Å². The number of carbonyl (C=O) groups excluding carboxylic acids is 1. The Hall–Kier alpha value is -2.64. The lowest BCUT2D eigenvalue weighted by Gasteiger charge is -2.37. The van der Waals surface area contributed by atoms with Crippen molar-refractivity contribution in [3.63, 3.8) is 0 Å². The van der Waals surface area contributed by atoms with E-state index in [0.29, 0.717) is 6.42 Å². The lowest BCUT2D eigenvalue weighted by Crippen LogP contribution is -2.55. The van der Waals surface area contributed by atoms with E-state index in [1.165, 1.54) is 30.0 Å². The molecule has 1 rings (SSSR count). The number of anilines is 1. The summed E-state index contributed by atoms with van der Waals surface area (Å²) >= 11 is 0. The molecule has 8 nitrogen and oxygen atoms in total. The number of amides is 1. The van der Waals surface area contributed by atoms with Gasteiger partial charge in [0.25, 0.3) is 11.6 Å². The first-order chi connectivity index (χ1) is 10.7. The molecule has 0 fully saturated rings. The van der Waals surface area contributed by atoms with Crippen molar-refractivity contribution in [3.8, 4) is 0 Å². The molecule has 126 valence electrons. The van der Waals surface area contributed by atoms with Gasteiger partial charge in [-0.1, -0.05) is 19.9 Å². The second kappa shape index (κ2) is 7.08. The zero-order valence-corrected chi connectivity index (χ0v) is 13.4. The SMILES string of the molecule is CCCN(C(=O)c1cccc([N+](=O)[O-])c1N)[C@](C)(CC)C(=O)O. The number of nitrogens with zero attached hydrogens (tertiary/aromatic N) is 2. The maximum absolute atomic E-state index is 12.8. The van der Waals surface area contributed by atoms with E-state index in [9.17, 15) is 24.8 Å². The van der Waals surface area contributed by atoms with Crippen LogP contribution in [0, 0.1) is 10.1 Å². The van der Waals surface area contributed by atoms with Gasteiger partial charge in [-0.2, -0.15) is 0 Å². The van der Waals surface area contributed by atoms with Crippen molar-refractivity contribution in [2.24, 2.45) is 0 Å². The van der Waals surface area contributed by atoms with E-state index in [4.69, 9.17) is 5.73 Å². The van der Waals surface area contributed by atoms with Gasteiger partial charge in [0.2, 0.25) is 0 Å². The van der Waals surface area contributed by atoms with Gasteiger partial charge in [0.05, 0.1) is 10.5 Å². The highest BCUT2D eigenvalue weighted by Crippen LogP contribution is 2.29. The summed E-state index contributed by atoms with van der Waals surface area (Å²) in [5.74, 6) is -1.76. The van der Waals surface area contributed by atoms with Gasteiger partial charge in [0, 0.05) is 12.6 Å². The highest BCUT2D eigenvalue weighted by atomic mass is 16.6. The number of rotatable bonds is 7. The molecule has 8 heteroatoms. The summed E-state index contributed by atoms with van der Waals surface area (Å²) < 4.78 is 0. The third kappa shape index (κ3) is 3.41. The van der Waals surface area contributed by atoms with Crippen LogP contribution in [0.15, 0.2) is 18.2 Å². The van der Waals surface area contributed by atoms with E-state index in [1.807, 2.05) is 6.92 Å². The van der Waals surface area contributed by atoms with Crippen molar-refractivity contribution in [3.05, 3.63) is 33.9 Å². The van der Waals surface area contributed by atoms with Crippen LogP contribution in [0.4, 0.5) is 11.4 Å². The smallest absolute Gasteiger partial charge is 0.329 e. The molecule has 23 heavy (non-hydrogen) atoms. The summed E-state index contributed by atoms with van der Waals surface area (Å²) in [6, 6.07) is 3.92. The molecule has 1 aromatic carbocycles. The molecule has 0 unspecified atom stereocenters. The summed E-state index contributed by atoms with van der Waals surface area (Å²) in [7, 11) is 0. The first-order valence-corrected chi connectivity index (χ1v) is 7.28. The molecular weight excluding hydrogens is 302 g/mol. The highest BCUT2D eigenvalue weighted by Gasteiger charge is 2.41. The summed E-state index contributed by atoms with van der Waals surface area (Å²) in [5, 5.41) is 20.5. The maximum atomic E-state index is 12.8. The first kappa shape index (κ1) is 18.4. The zero-order chi connectivity index (χ0) is 17.8. The lowest BCUT2D eigenvalue weighted by atomic mass is 9.94. The second-order valence-corrected chi connectivity index (χ2v) is 5.38. The minimum absolute atomic E-state index is 0.0615. The normalized spacial score (nSPS) is 13.2. The Kier molecular flexibility index (Phi) is 5.67. The summed E-state index contributed by atoms with van der Waals surface area (Å²) in [6.45, 7) is 5.14. The molecule has 0 aliphatic heterocycles. The molecule has 1 atom stereocenters. The Morgan fingerprint density at radius 2 is 2.00 bits per heavy atom. The van der Waals surface area contributed by atoms with Crippen molar-refractivity contribution in [2.45, 2.75) is 39.2 Å². The molecular formula is C15H21N3O5. The quantitative estimate of drug-likeness (QED) is 0.450. The van der Waals surface area contributed by atoms with Crippen LogP contribution in [0.5, 0.6) is 0 Å². The van der Waals surface area contributed by atoms with Crippen LogP contribution in [0.1, 0.15) is 44.0 Å². The van der Waals surface area contributed by atoms with Gasteiger partial charge in [-0.3, -0.25) is 14.9 Å². The van der Waals surface area contributed by atoms with Gasteiger partial charge < -0.3 is 15.7 Å². The van der Waals surface area contributed by atoms with Crippen LogP contribution in [-0.2, 0) is 4.79 Å². The number of hydrogen-bond donors (Lipinski definition) is 2.